The van der Waals surface area contributed by atoms with Gasteiger partial charge in [0.15, 0.2) is 0 Å². The van der Waals surface area contributed by atoms with Crippen LogP contribution in [0.25, 0.3) is 0 Å². The summed E-state index contributed by atoms with van der Waals surface area (Å²) in [4.78, 5) is 0.155. The van der Waals surface area contributed by atoms with Crippen LogP contribution >= 0.6 is 34.8 Å². The molecule has 0 aliphatic rings. The molecule has 0 fully saturated rings. The minimum Gasteiger partial charge on any atom is -0.207 e. The third-order valence-corrected chi connectivity index (χ3v) is 4.98. The summed E-state index contributed by atoms with van der Waals surface area (Å²) in [5.74, 6) is 0. The van der Waals surface area contributed by atoms with Crippen LogP contribution in [0, 0.1) is 0 Å². The highest BCUT2D eigenvalue weighted by atomic mass is 35.5. The number of nitrogens with one attached hydrogen (secondary N) is 1. The first-order chi connectivity index (χ1) is 9.38. The lowest BCUT2D eigenvalue weighted by Gasteiger charge is -2.07. The molecule has 0 heterocycles. The van der Waals surface area contributed by atoms with E-state index >= 15 is 0 Å². The second-order valence-electron chi connectivity index (χ2n) is 4.03. The van der Waals surface area contributed by atoms with E-state index in [4.69, 9.17) is 34.8 Å². The number of hydrogen-bond acceptors (Lipinski definition) is 2. The zero-order valence-electron chi connectivity index (χ0n) is 10.1. The molecule has 0 aromatic heterocycles. The van der Waals surface area contributed by atoms with Crippen molar-refractivity contribution in [1.29, 1.82) is 0 Å². The van der Waals surface area contributed by atoms with Crippen molar-refractivity contribution in [2.75, 3.05) is 0 Å². The van der Waals surface area contributed by atoms with Gasteiger partial charge in [-0.2, -0.15) is 0 Å². The molecular weight excluding hydrogens is 341 g/mol. The Morgan fingerprint density at radius 1 is 0.900 bits per heavy atom. The molecule has 0 spiro atoms. The third-order valence-electron chi connectivity index (χ3n) is 2.57. The molecule has 0 radical (unpaired) electrons. The Morgan fingerprint density at radius 2 is 1.55 bits per heavy atom. The number of benzene rings is 2. The molecule has 2 aromatic carbocycles. The topological polar surface area (TPSA) is 46.2 Å². The Labute approximate surface area is 132 Å². The Bertz CT molecular complexity index is 715. The molecule has 0 bridgehead atoms. The number of hydrogen-bond donors (Lipinski definition) is 1. The number of rotatable bonds is 4. The summed E-state index contributed by atoms with van der Waals surface area (Å²) in [7, 11) is -3.58. The summed E-state index contributed by atoms with van der Waals surface area (Å²) in [5, 5.41) is 1.29. The SMILES string of the molecule is O=S(=O)(NCc1ccc(Cl)c(Cl)c1)c1ccc(Cl)cc1. The van der Waals surface area contributed by atoms with Crippen LogP contribution in [0.3, 0.4) is 0 Å². The monoisotopic (exact) mass is 349 g/mol. The largest absolute Gasteiger partial charge is 0.240 e. The fourth-order valence-electron chi connectivity index (χ4n) is 1.53. The van der Waals surface area contributed by atoms with Gasteiger partial charge in [-0.3, -0.25) is 0 Å². The Hall–Kier alpha value is -0.780. The maximum Gasteiger partial charge on any atom is 0.240 e. The summed E-state index contributed by atoms with van der Waals surface area (Å²) in [6, 6.07) is 10.9. The summed E-state index contributed by atoms with van der Waals surface area (Å²) in [6.45, 7) is 0.127. The highest BCUT2D eigenvalue weighted by molar-refractivity contribution is 7.89. The van der Waals surface area contributed by atoms with E-state index in [0.29, 0.717) is 15.1 Å². The molecule has 3 nitrogen and oxygen atoms in total. The van der Waals surface area contributed by atoms with Crippen molar-refractivity contribution in [3.8, 4) is 0 Å². The lowest BCUT2D eigenvalue weighted by atomic mass is 10.2. The van der Waals surface area contributed by atoms with Gasteiger partial charge in [0, 0.05) is 11.6 Å². The van der Waals surface area contributed by atoms with E-state index in [1.54, 1.807) is 18.2 Å². The zero-order chi connectivity index (χ0) is 14.8. The van der Waals surface area contributed by atoms with Crippen LogP contribution < -0.4 is 4.72 Å². The van der Waals surface area contributed by atoms with Crippen LogP contribution in [0.2, 0.25) is 15.1 Å². The first kappa shape index (κ1) is 15.6. The normalized spacial score (nSPS) is 11.6. The summed E-state index contributed by atoms with van der Waals surface area (Å²) in [5.41, 5.74) is 0.719. The molecule has 0 atom stereocenters. The summed E-state index contributed by atoms with van der Waals surface area (Å²) in [6.07, 6.45) is 0. The van der Waals surface area contributed by atoms with Crippen molar-refractivity contribution in [1.82, 2.24) is 4.72 Å². The van der Waals surface area contributed by atoms with Crippen LogP contribution in [0.15, 0.2) is 47.4 Å². The second-order valence-corrected chi connectivity index (χ2v) is 7.04. The average molecular weight is 351 g/mol. The molecule has 20 heavy (non-hydrogen) atoms. The first-order valence-electron chi connectivity index (χ1n) is 5.58. The van der Waals surface area contributed by atoms with Crippen LogP contribution in [0.5, 0.6) is 0 Å². The van der Waals surface area contributed by atoms with E-state index in [-0.39, 0.29) is 11.4 Å². The number of sulfonamides is 1. The van der Waals surface area contributed by atoms with Crippen molar-refractivity contribution < 1.29 is 8.42 Å². The Morgan fingerprint density at radius 3 is 2.15 bits per heavy atom. The third kappa shape index (κ3) is 3.87. The predicted molar refractivity (Wildman–Crippen MR) is 81.9 cm³/mol. The molecule has 0 aliphatic carbocycles. The van der Waals surface area contributed by atoms with E-state index in [0.717, 1.165) is 5.56 Å². The van der Waals surface area contributed by atoms with Gasteiger partial charge < -0.3 is 0 Å². The van der Waals surface area contributed by atoms with Crippen LogP contribution in [0.1, 0.15) is 5.56 Å². The average Bonchev–Trinajstić information content (AvgIpc) is 2.41. The molecule has 2 rings (SSSR count). The maximum absolute atomic E-state index is 12.1. The van der Waals surface area contributed by atoms with Gasteiger partial charge >= 0.3 is 0 Å². The van der Waals surface area contributed by atoms with Gasteiger partial charge in [-0.15, -0.1) is 0 Å². The van der Waals surface area contributed by atoms with Crippen molar-refractivity contribution in [2.45, 2.75) is 11.4 Å². The van der Waals surface area contributed by atoms with Crippen LogP contribution in [0.4, 0.5) is 0 Å². The van der Waals surface area contributed by atoms with Crippen molar-refractivity contribution >= 4 is 44.8 Å². The van der Waals surface area contributed by atoms with Crippen LogP contribution in [-0.4, -0.2) is 8.42 Å². The molecule has 0 saturated heterocycles. The predicted octanol–water partition coefficient (Wildman–Crippen LogP) is 4.13. The smallest absolute Gasteiger partial charge is 0.207 e. The van der Waals surface area contributed by atoms with Crippen molar-refractivity contribution in [3.63, 3.8) is 0 Å². The molecule has 0 aliphatic heterocycles. The van der Waals surface area contributed by atoms with Crippen molar-refractivity contribution in [2.24, 2.45) is 0 Å². The van der Waals surface area contributed by atoms with Gasteiger partial charge in [0.25, 0.3) is 0 Å². The van der Waals surface area contributed by atoms with Gasteiger partial charge in [-0.1, -0.05) is 40.9 Å². The lowest BCUT2D eigenvalue weighted by Crippen LogP contribution is -2.23. The van der Waals surface area contributed by atoms with E-state index in [9.17, 15) is 8.42 Å². The van der Waals surface area contributed by atoms with Gasteiger partial charge in [-0.25, -0.2) is 13.1 Å². The highest BCUT2D eigenvalue weighted by Crippen LogP contribution is 2.22. The Kier molecular flexibility index (Phi) is 4.94. The van der Waals surface area contributed by atoms with E-state index in [1.165, 1.54) is 24.3 Å². The fourth-order valence-corrected chi connectivity index (χ4v) is 2.99. The van der Waals surface area contributed by atoms with E-state index in [2.05, 4.69) is 4.72 Å². The molecule has 0 amide bonds. The molecule has 7 heteroatoms. The Balaban J connectivity index is 2.13. The quantitative estimate of drug-likeness (QED) is 0.901. The molecule has 2 aromatic rings. The van der Waals surface area contributed by atoms with Gasteiger partial charge in [0.2, 0.25) is 10.0 Å². The van der Waals surface area contributed by atoms with Crippen LogP contribution in [-0.2, 0) is 16.6 Å². The van der Waals surface area contributed by atoms with Gasteiger partial charge in [0.05, 0.1) is 14.9 Å². The van der Waals surface area contributed by atoms with Gasteiger partial charge in [-0.05, 0) is 42.0 Å². The molecular formula is C13H10Cl3NO2S. The van der Waals surface area contributed by atoms with Crippen molar-refractivity contribution in [3.05, 3.63) is 63.1 Å². The molecule has 0 saturated carbocycles. The molecule has 106 valence electrons. The number of halogens is 3. The minimum atomic E-state index is -3.58. The maximum atomic E-state index is 12.1. The summed E-state index contributed by atoms with van der Waals surface area (Å²) < 4.78 is 26.6. The second kappa shape index (κ2) is 6.33. The standard InChI is InChI=1S/C13H10Cl3NO2S/c14-10-2-4-11(5-3-10)20(18,19)17-8-9-1-6-12(15)13(16)7-9/h1-7,17H,8H2. The van der Waals surface area contributed by atoms with E-state index < -0.39 is 10.0 Å². The van der Waals surface area contributed by atoms with E-state index in [1.807, 2.05) is 0 Å². The zero-order valence-corrected chi connectivity index (χ0v) is 13.2. The first-order valence-corrected chi connectivity index (χ1v) is 8.19. The fraction of sp³-hybridized carbons (Fsp3) is 0.0769. The summed E-state index contributed by atoms with van der Waals surface area (Å²) >= 11 is 17.4. The molecule has 1 N–H and O–H groups in total. The molecule has 0 unspecified atom stereocenters. The highest BCUT2D eigenvalue weighted by Gasteiger charge is 2.13. The minimum absolute atomic E-state index is 0.127. The van der Waals surface area contributed by atoms with Gasteiger partial charge in [0.1, 0.15) is 0 Å². The lowest BCUT2D eigenvalue weighted by molar-refractivity contribution is 0.581.